The zero-order chi connectivity index (χ0) is 5.98. The smallest absolute Gasteiger partial charge is 0.145 e. The highest BCUT2D eigenvalue weighted by Gasteiger charge is 1.90. The Kier molecular flexibility index (Phi) is 1.24. The van der Waals surface area contributed by atoms with Gasteiger partial charge in [0, 0.05) is 12.3 Å². The highest BCUT2D eigenvalue weighted by Crippen LogP contribution is 1.97. The van der Waals surface area contributed by atoms with E-state index in [9.17, 15) is 4.39 Å². The maximum atomic E-state index is 12.2. The van der Waals surface area contributed by atoms with E-state index in [1.165, 1.54) is 12.3 Å². The average molecular weight is 110 g/mol. The van der Waals surface area contributed by atoms with E-state index in [0.717, 1.165) is 0 Å². The van der Waals surface area contributed by atoms with E-state index in [0.29, 0.717) is 5.69 Å². The number of rotatable bonds is 0. The zero-order valence-corrected chi connectivity index (χ0v) is 4.48. The van der Waals surface area contributed by atoms with Crippen molar-refractivity contribution >= 4 is 0 Å². The lowest BCUT2D eigenvalue weighted by molar-refractivity contribution is 0.609. The summed E-state index contributed by atoms with van der Waals surface area (Å²) in [7, 11) is 0. The highest BCUT2D eigenvalue weighted by molar-refractivity contribution is 5.02. The minimum Gasteiger partial charge on any atom is -0.258 e. The second-order valence-electron chi connectivity index (χ2n) is 1.50. The molecule has 8 heavy (non-hydrogen) atoms. The van der Waals surface area contributed by atoms with E-state index in [1.807, 2.05) is 0 Å². The summed E-state index contributed by atoms with van der Waals surface area (Å²) >= 11 is 0. The molecule has 0 aliphatic rings. The van der Waals surface area contributed by atoms with Crippen molar-refractivity contribution < 1.29 is 4.39 Å². The van der Waals surface area contributed by atoms with Crippen LogP contribution in [0.15, 0.2) is 12.3 Å². The Bertz CT molecular complexity index is 165. The lowest BCUT2D eigenvalue weighted by Crippen LogP contribution is -1.83. The van der Waals surface area contributed by atoms with Crippen molar-refractivity contribution in [1.29, 1.82) is 0 Å². The Morgan fingerprint density at radius 3 is 2.88 bits per heavy atom. The molecule has 1 rings (SSSR count). The summed E-state index contributed by atoms with van der Waals surface area (Å²) < 4.78 is 12.2. The fourth-order valence-electron chi connectivity index (χ4n) is 0.411. The van der Waals surface area contributed by atoms with Gasteiger partial charge in [-0.25, -0.2) is 4.39 Å². The lowest BCUT2D eigenvalue weighted by atomic mass is 10.4. The molecule has 0 aliphatic carbocycles. The monoisotopic (exact) mass is 110 g/mol. The van der Waals surface area contributed by atoms with Gasteiger partial charge in [0.15, 0.2) is 0 Å². The minimum atomic E-state index is -0.299. The summed E-state index contributed by atoms with van der Waals surface area (Å²) in [6.07, 6.45) is 1.44. The van der Waals surface area contributed by atoms with Crippen molar-refractivity contribution in [3.05, 3.63) is 29.8 Å². The third-order valence-electron chi connectivity index (χ3n) is 0.888. The van der Waals surface area contributed by atoms with E-state index in [-0.39, 0.29) is 5.82 Å². The van der Waals surface area contributed by atoms with Crippen LogP contribution in [0.2, 0.25) is 0 Å². The third kappa shape index (κ3) is 0.832. The number of pyridine rings is 1. The molecule has 1 nitrogen and oxygen atoms in total. The van der Waals surface area contributed by atoms with Gasteiger partial charge in [0.2, 0.25) is 0 Å². The van der Waals surface area contributed by atoms with Crippen molar-refractivity contribution in [2.45, 2.75) is 6.92 Å². The SMILES string of the molecule is Cc1nc[c]cc1F. The van der Waals surface area contributed by atoms with E-state index in [4.69, 9.17) is 0 Å². The van der Waals surface area contributed by atoms with Gasteiger partial charge in [0.1, 0.15) is 5.82 Å². The predicted molar refractivity (Wildman–Crippen MR) is 27.8 cm³/mol. The molecule has 0 atom stereocenters. The molecule has 1 radical (unpaired) electrons. The summed E-state index contributed by atoms with van der Waals surface area (Å²) in [6.45, 7) is 1.61. The standard InChI is InChI=1S/C6H5FN/c1-5-6(7)3-2-4-8-5/h3-4H,1H3. The third-order valence-corrected chi connectivity index (χ3v) is 0.888. The van der Waals surface area contributed by atoms with Gasteiger partial charge in [-0.15, -0.1) is 0 Å². The molecule has 0 amide bonds. The number of halogens is 1. The van der Waals surface area contributed by atoms with Crippen LogP contribution in [0.3, 0.4) is 0 Å². The van der Waals surface area contributed by atoms with Gasteiger partial charge in [0.25, 0.3) is 0 Å². The van der Waals surface area contributed by atoms with Crippen LogP contribution in [0.25, 0.3) is 0 Å². The number of hydrogen-bond acceptors (Lipinski definition) is 1. The first-order valence-electron chi connectivity index (χ1n) is 2.29. The average Bonchev–Trinajstić information content (AvgIpc) is 1.77. The van der Waals surface area contributed by atoms with Crippen LogP contribution in [-0.2, 0) is 0 Å². The van der Waals surface area contributed by atoms with Crippen molar-refractivity contribution in [2.24, 2.45) is 0 Å². The molecule has 0 unspecified atom stereocenters. The van der Waals surface area contributed by atoms with Crippen LogP contribution in [0.5, 0.6) is 0 Å². The largest absolute Gasteiger partial charge is 0.258 e. The van der Waals surface area contributed by atoms with E-state index >= 15 is 0 Å². The molecule has 0 spiro atoms. The van der Waals surface area contributed by atoms with Crippen molar-refractivity contribution in [3.63, 3.8) is 0 Å². The second kappa shape index (κ2) is 1.90. The molecule has 1 aromatic heterocycles. The zero-order valence-electron chi connectivity index (χ0n) is 4.48. The summed E-state index contributed by atoms with van der Waals surface area (Å²) in [4.78, 5) is 3.65. The van der Waals surface area contributed by atoms with E-state index in [1.54, 1.807) is 6.92 Å². The summed E-state index contributed by atoms with van der Waals surface area (Å²) in [6, 6.07) is 3.78. The van der Waals surface area contributed by atoms with E-state index < -0.39 is 0 Å². The van der Waals surface area contributed by atoms with Crippen molar-refractivity contribution in [2.75, 3.05) is 0 Å². The van der Waals surface area contributed by atoms with Gasteiger partial charge in [0.05, 0.1) is 5.69 Å². The summed E-state index contributed by atoms with van der Waals surface area (Å²) in [5, 5.41) is 0. The first kappa shape index (κ1) is 5.22. The number of aromatic nitrogens is 1. The summed E-state index contributed by atoms with van der Waals surface area (Å²) in [5.74, 6) is -0.299. The van der Waals surface area contributed by atoms with Gasteiger partial charge in [-0.2, -0.15) is 0 Å². The van der Waals surface area contributed by atoms with Crippen LogP contribution in [0.1, 0.15) is 5.69 Å². The molecule has 2 heteroatoms. The molecule has 0 bridgehead atoms. The molecular weight excluding hydrogens is 105 g/mol. The molecule has 0 saturated heterocycles. The van der Waals surface area contributed by atoms with Crippen LogP contribution in [-0.4, -0.2) is 4.98 Å². The molecule has 0 fully saturated rings. The van der Waals surface area contributed by atoms with Crippen LogP contribution < -0.4 is 0 Å². The van der Waals surface area contributed by atoms with Crippen LogP contribution in [0, 0.1) is 18.8 Å². The second-order valence-corrected chi connectivity index (χ2v) is 1.50. The molecule has 1 aromatic rings. The topological polar surface area (TPSA) is 12.9 Å². The van der Waals surface area contributed by atoms with Gasteiger partial charge in [-0.1, -0.05) is 0 Å². The van der Waals surface area contributed by atoms with Gasteiger partial charge < -0.3 is 0 Å². The first-order chi connectivity index (χ1) is 3.80. The highest BCUT2D eigenvalue weighted by atomic mass is 19.1. The van der Waals surface area contributed by atoms with Gasteiger partial charge >= 0.3 is 0 Å². The van der Waals surface area contributed by atoms with Crippen LogP contribution in [0.4, 0.5) is 4.39 Å². The van der Waals surface area contributed by atoms with Gasteiger partial charge in [-0.05, 0) is 13.0 Å². The van der Waals surface area contributed by atoms with Crippen LogP contribution >= 0.6 is 0 Å². The molecular formula is C6H5FN. The van der Waals surface area contributed by atoms with Gasteiger partial charge in [-0.3, -0.25) is 4.98 Å². The summed E-state index contributed by atoms with van der Waals surface area (Å²) in [5.41, 5.74) is 0.420. The normalized spacial score (nSPS) is 9.25. The Morgan fingerprint density at radius 1 is 1.75 bits per heavy atom. The quantitative estimate of drug-likeness (QED) is 0.491. The van der Waals surface area contributed by atoms with E-state index in [2.05, 4.69) is 11.1 Å². The van der Waals surface area contributed by atoms with Crippen molar-refractivity contribution in [3.8, 4) is 0 Å². The Hall–Kier alpha value is -0.920. The molecule has 41 valence electrons. The molecule has 0 saturated carbocycles. The fourth-order valence-corrected chi connectivity index (χ4v) is 0.411. The molecule has 1 heterocycles. The number of aryl methyl sites for hydroxylation is 1. The maximum Gasteiger partial charge on any atom is 0.145 e. The molecule has 0 N–H and O–H groups in total. The Morgan fingerprint density at radius 2 is 2.50 bits per heavy atom. The Labute approximate surface area is 47.2 Å². The predicted octanol–water partition coefficient (Wildman–Crippen LogP) is 1.33. The maximum absolute atomic E-state index is 12.2. The lowest BCUT2D eigenvalue weighted by Gasteiger charge is -1.88. The number of nitrogens with zero attached hydrogens (tertiary/aromatic N) is 1. The van der Waals surface area contributed by atoms with Crippen molar-refractivity contribution in [1.82, 2.24) is 4.98 Å². The molecule has 0 aromatic carbocycles. The minimum absolute atomic E-state index is 0.299. The fraction of sp³-hybridized carbons (Fsp3) is 0.167. The first-order valence-corrected chi connectivity index (χ1v) is 2.29. The molecule has 0 aliphatic heterocycles. The Balaban J connectivity index is 3.13. The number of hydrogen-bond donors (Lipinski definition) is 0.